The van der Waals surface area contributed by atoms with Crippen molar-refractivity contribution in [3.63, 3.8) is 0 Å². The van der Waals surface area contributed by atoms with Gasteiger partial charge in [-0.25, -0.2) is 0 Å². The molecule has 4 heteroatoms. The average molecular weight is 317 g/mol. The van der Waals surface area contributed by atoms with E-state index in [4.69, 9.17) is 5.11 Å². The summed E-state index contributed by atoms with van der Waals surface area (Å²) in [4.78, 5) is 25.6. The van der Waals surface area contributed by atoms with Crippen molar-refractivity contribution in [3.8, 4) is 0 Å². The summed E-state index contributed by atoms with van der Waals surface area (Å²) in [7, 11) is 0. The topological polar surface area (TPSA) is 57.6 Å². The van der Waals surface area contributed by atoms with Crippen molar-refractivity contribution in [1.29, 1.82) is 0 Å². The lowest BCUT2D eigenvalue weighted by molar-refractivity contribution is -0.141. The smallest absolute Gasteiger partial charge is 0.303 e. The summed E-state index contributed by atoms with van der Waals surface area (Å²) < 4.78 is 0. The maximum atomic E-state index is 13.0. The Morgan fingerprint density at radius 3 is 2.52 bits per heavy atom. The van der Waals surface area contributed by atoms with E-state index in [1.165, 1.54) is 6.42 Å². The highest BCUT2D eigenvalue weighted by atomic mass is 16.4. The van der Waals surface area contributed by atoms with Crippen LogP contribution in [-0.2, 0) is 16.1 Å². The number of nitrogens with zero attached hydrogens (tertiary/aromatic N) is 1. The van der Waals surface area contributed by atoms with Crippen molar-refractivity contribution in [2.45, 2.75) is 52.0 Å². The van der Waals surface area contributed by atoms with Gasteiger partial charge in [-0.05, 0) is 30.7 Å². The van der Waals surface area contributed by atoms with Crippen LogP contribution in [0.1, 0.15) is 51.0 Å². The van der Waals surface area contributed by atoms with Gasteiger partial charge in [-0.2, -0.15) is 0 Å². The first kappa shape index (κ1) is 17.5. The summed E-state index contributed by atoms with van der Waals surface area (Å²) in [5.41, 5.74) is 1.10. The Morgan fingerprint density at radius 2 is 1.87 bits per heavy atom. The number of rotatable bonds is 7. The molecule has 1 aromatic rings. The molecule has 0 aliphatic heterocycles. The van der Waals surface area contributed by atoms with Crippen molar-refractivity contribution in [2.24, 2.45) is 11.8 Å². The number of carbonyl (C=O) groups is 2. The van der Waals surface area contributed by atoms with Gasteiger partial charge >= 0.3 is 5.97 Å². The number of carbonyl (C=O) groups excluding carboxylic acids is 1. The van der Waals surface area contributed by atoms with Gasteiger partial charge in [0.15, 0.2) is 0 Å². The predicted octanol–water partition coefficient (Wildman–Crippen LogP) is 3.71. The molecule has 23 heavy (non-hydrogen) atoms. The highest BCUT2D eigenvalue weighted by Crippen LogP contribution is 2.31. The summed E-state index contributed by atoms with van der Waals surface area (Å²) in [5, 5.41) is 8.84. The van der Waals surface area contributed by atoms with E-state index in [1.807, 2.05) is 35.2 Å². The van der Waals surface area contributed by atoms with Gasteiger partial charge in [0, 0.05) is 25.4 Å². The maximum absolute atomic E-state index is 13.0. The third-order valence-electron chi connectivity index (χ3n) is 4.78. The van der Waals surface area contributed by atoms with E-state index in [2.05, 4.69) is 6.92 Å². The summed E-state index contributed by atoms with van der Waals surface area (Å²) >= 11 is 0. The van der Waals surface area contributed by atoms with Crippen molar-refractivity contribution >= 4 is 11.9 Å². The van der Waals surface area contributed by atoms with E-state index in [9.17, 15) is 9.59 Å². The molecule has 2 atom stereocenters. The molecule has 1 fully saturated rings. The minimum absolute atomic E-state index is 0.0947. The summed E-state index contributed by atoms with van der Waals surface area (Å²) in [6.45, 7) is 3.26. The van der Waals surface area contributed by atoms with Gasteiger partial charge in [-0.15, -0.1) is 0 Å². The van der Waals surface area contributed by atoms with Crippen LogP contribution < -0.4 is 0 Å². The molecule has 1 aliphatic rings. The zero-order chi connectivity index (χ0) is 16.7. The van der Waals surface area contributed by atoms with Crippen LogP contribution in [0.15, 0.2) is 30.3 Å². The minimum Gasteiger partial charge on any atom is -0.481 e. The molecule has 0 saturated heterocycles. The van der Waals surface area contributed by atoms with E-state index < -0.39 is 5.97 Å². The number of amides is 1. The van der Waals surface area contributed by atoms with E-state index in [-0.39, 0.29) is 18.2 Å². The van der Waals surface area contributed by atoms with Crippen LogP contribution in [0.25, 0.3) is 0 Å². The summed E-state index contributed by atoms with van der Waals surface area (Å²) in [5.74, 6) is -0.0825. The second-order valence-corrected chi connectivity index (χ2v) is 6.61. The zero-order valence-corrected chi connectivity index (χ0v) is 13.9. The Kier molecular flexibility index (Phi) is 6.63. The maximum Gasteiger partial charge on any atom is 0.303 e. The summed E-state index contributed by atoms with van der Waals surface area (Å²) in [6.07, 6.45) is 5.03. The van der Waals surface area contributed by atoms with Gasteiger partial charge < -0.3 is 10.0 Å². The highest BCUT2D eigenvalue weighted by Gasteiger charge is 2.31. The second-order valence-electron chi connectivity index (χ2n) is 6.61. The van der Waals surface area contributed by atoms with Crippen molar-refractivity contribution in [2.75, 3.05) is 6.54 Å². The molecule has 4 nitrogen and oxygen atoms in total. The number of carboxylic acids is 1. The quantitative estimate of drug-likeness (QED) is 0.834. The fourth-order valence-electron chi connectivity index (χ4n) is 3.41. The van der Waals surface area contributed by atoms with Crippen LogP contribution in [0, 0.1) is 11.8 Å². The molecule has 1 amide bonds. The monoisotopic (exact) mass is 317 g/mol. The largest absolute Gasteiger partial charge is 0.481 e. The van der Waals surface area contributed by atoms with Crippen LogP contribution >= 0.6 is 0 Å². The third kappa shape index (κ3) is 5.38. The van der Waals surface area contributed by atoms with Crippen LogP contribution in [-0.4, -0.2) is 28.4 Å². The Morgan fingerprint density at radius 1 is 1.17 bits per heavy atom. The molecule has 0 spiro atoms. The lowest BCUT2D eigenvalue weighted by Crippen LogP contribution is -2.40. The zero-order valence-electron chi connectivity index (χ0n) is 13.9. The van der Waals surface area contributed by atoms with Gasteiger partial charge in [-0.1, -0.05) is 50.1 Å². The molecule has 0 heterocycles. The fraction of sp³-hybridized carbons (Fsp3) is 0.579. The number of hydrogen-bond acceptors (Lipinski definition) is 2. The van der Waals surface area contributed by atoms with Gasteiger partial charge in [0.1, 0.15) is 0 Å². The molecule has 1 N–H and O–H groups in total. The van der Waals surface area contributed by atoms with Crippen LogP contribution in [0.5, 0.6) is 0 Å². The molecular weight excluding hydrogens is 290 g/mol. The standard InChI is InChI=1S/C19H27NO3/c1-15-8-5-6-11-17(15)19(23)20(13-7-12-18(21)22)14-16-9-3-2-4-10-16/h2-4,9-10,15,17H,5-8,11-14H2,1H3,(H,21,22). The van der Waals surface area contributed by atoms with Crippen LogP contribution in [0.4, 0.5) is 0 Å². The number of aliphatic carboxylic acids is 1. The predicted molar refractivity (Wildman–Crippen MR) is 89.9 cm³/mol. The van der Waals surface area contributed by atoms with Crippen LogP contribution in [0.2, 0.25) is 0 Å². The van der Waals surface area contributed by atoms with Crippen molar-refractivity contribution in [3.05, 3.63) is 35.9 Å². The Labute approximate surface area is 138 Å². The molecule has 1 saturated carbocycles. The lowest BCUT2D eigenvalue weighted by Gasteiger charge is -2.33. The SMILES string of the molecule is CC1CCCCC1C(=O)N(CCCC(=O)O)Cc1ccccc1. The summed E-state index contributed by atoms with van der Waals surface area (Å²) in [6, 6.07) is 9.93. The Balaban J connectivity index is 2.04. The molecule has 1 aliphatic carbocycles. The third-order valence-corrected chi connectivity index (χ3v) is 4.78. The fourth-order valence-corrected chi connectivity index (χ4v) is 3.41. The van der Waals surface area contributed by atoms with Crippen LogP contribution in [0.3, 0.4) is 0 Å². The van der Waals surface area contributed by atoms with E-state index in [0.29, 0.717) is 25.4 Å². The number of hydrogen-bond donors (Lipinski definition) is 1. The van der Waals surface area contributed by atoms with E-state index in [0.717, 1.165) is 24.8 Å². The molecule has 0 aromatic heterocycles. The van der Waals surface area contributed by atoms with E-state index >= 15 is 0 Å². The van der Waals surface area contributed by atoms with Gasteiger partial charge in [-0.3, -0.25) is 9.59 Å². The number of carboxylic acid groups (broad SMARTS) is 1. The molecule has 0 bridgehead atoms. The van der Waals surface area contributed by atoms with E-state index in [1.54, 1.807) is 0 Å². The first-order chi connectivity index (χ1) is 11.1. The lowest BCUT2D eigenvalue weighted by atomic mass is 9.79. The van der Waals surface area contributed by atoms with Gasteiger partial charge in [0.05, 0.1) is 0 Å². The molecule has 1 aromatic carbocycles. The number of benzene rings is 1. The Bertz CT molecular complexity index is 515. The normalized spacial score (nSPS) is 20.9. The molecular formula is C19H27NO3. The van der Waals surface area contributed by atoms with Crippen molar-refractivity contribution in [1.82, 2.24) is 4.90 Å². The highest BCUT2D eigenvalue weighted by molar-refractivity contribution is 5.79. The molecule has 0 radical (unpaired) electrons. The molecule has 2 unspecified atom stereocenters. The molecule has 126 valence electrons. The first-order valence-electron chi connectivity index (χ1n) is 8.62. The average Bonchev–Trinajstić information content (AvgIpc) is 2.54. The first-order valence-corrected chi connectivity index (χ1v) is 8.62. The minimum atomic E-state index is -0.803. The Hall–Kier alpha value is -1.84. The van der Waals surface area contributed by atoms with Gasteiger partial charge in [0.25, 0.3) is 0 Å². The van der Waals surface area contributed by atoms with Gasteiger partial charge in [0.2, 0.25) is 5.91 Å². The molecule has 2 rings (SSSR count). The van der Waals surface area contributed by atoms with Crippen molar-refractivity contribution < 1.29 is 14.7 Å². The second kappa shape index (κ2) is 8.70.